The zero-order chi connectivity index (χ0) is 17.5. The third kappa shape index (κ3) is 5.17. The molecule has 1 atom stereocenters. The van der Waals surface area contributed by atoms with Crippen LogP contribution in [0.4, 0.5) is 0 Å². The van der Waals surface area contributed by atoms with Crippen molar-refractivity contribution in [2.75, 3.05) is 20.1 Å². The number of hydrogen-bond acceptors (Lipinski definition) is 3. The number of ether oxygens (including phenoxy) is 1. The van der Waals surface area contributed by atoms with E-state index in [0.29, 0.717) is 12.3 Å². The van der Waals surface area contributed by atoms with Crippen molar-refractivity contribution in [1.29, 1.82) is 0 Å². The van der Waals surface area contributed by atoms with Gasteiger partial charge in [-0.1, -0.05) is 60.7 Å². The van der Waals surface area contributed by atoms with Gasteiger partial charge in [-0.05, 0) is 44.0 Å². The van der Waals surface area contributed by atoms with E-state index in [9.17, 15) is 4.79 Å². The van der Waals surface area contributed by atoms with Crippen LogP contribution in [0, 0.1) is 0 Å². The molecule has 0 amide bonds. The number of carbonyl (C=O) groups is 1. The Kier molecular flexibility index (Phi) is 6.24. The maximum Gasteiger partial charge on any atom is 0.306 e. The Morgan fingerprint density at radius 3 is 2.16 bits per heavy atom. The summed E-state index contributed by atoms with van der Waals surface area (Å²) in [4.78, 5) is 13.5. The molecule has 1 heterocycles. The fourth-order valence-corrected chi connectivity index (χ4v) is 3.61. The first-order valence-corrected chi connectivity index (χ1v) is 9.20. The molecule has 1 aliphatic heterocycles. The van der Waals surface area contributed by atoms with Crippen LogP contribution in [0.25, 0.3) is 0 Å². The van der Waals surface area contributed by atoms with Crippen molar-refractivity contribution in [3.63, 3.8) is 0 Å². The summed E-state index contributed by atoms with van der Waals surface area (Å²) in [7, 11) is 2.12. The average molecular weight is 337 g/mol. The van der Waals surface area contributed by atoms with Crippen molar-refractivity contribution in [3.05, 3.63) is 71.8 Å². The SMILES string of the molecule is CN(CCCC(c1ccccc1)c1ccccc1)CC1CCC(=O)O1. The molecule has 0 saturated carbocycles. The Balaban J connectivity index is 1.55. The monoisotopic (exact) mass is 337 g/mol. The second-order valence-electron chi connectivity index (χ2n) is 6.93. The number of hydrogen-bond donors (Lipinski definition) is 0. The smallest absolute Gasteiger partial charge is 0.306 e. The molecule has 3 nitrogen and oxygen atoms in total. The normalized spacial score (nSPS) is 17.2. The Morgan fingerprint density at radius 2 is 1.64 bits per heavy atom. The summed E-state index contributed by atoms with van der Waals surface area (Å²) in [6.07, 6.45) is 3.74. The van der Waals surface area contributed by atoms with E-state index in [1.165, 1.54) is 11.1 Å². The Hall–Kier alpha value is -2.13. The molecule has 1 saturated heterocycles. The quantitative estimate of drug-likeness (QED) is 0.675. The molecule has 2 aromatic carbocycles. The molecule has 0 bridgehead atoms. The molecule has 132 valence electrons. The molecule has 1 unspecified atom stereocenters. The minimum atomic E-state index is -0.0494. The summed E-state index contributed by atoms with van der Waals surface area (Å²) in [6, 6.07) is 21.5. The summed E-state index contributed by atoms with van der Waals surface area (Å²) in [5.41, 5.74) is 2.75. The third-order valence-electron chi connectivity index (χ3n) is 4.92. The van der Waals surface area contributed by atoms with Crippen molar-refractivity contribution in [1.82, 2.24) is 4.90 Å². The third-order valence-corrected chi connectivity index (χ3v) is 4.92. The number of likely N-dealkylation sites (N-methyl/N-ethyl adjacent to an activating group) is 1. The first-order valence-electron chi connectivity index (χ1n) is 9.20. The molecule has 25 heavy (non-hydrogen) atoms. The fraction of sp³-hybridized carbons (Fsp3) is 0.409. The largest absolute Gasteiger partial charge is 0.461 e. The van der Waals surface area contributed by atoms with Crippen molar-refractivity contribution in [2.45, 2.75) is 37.7 Å². The van der Waals surface area contributed by atoms with E-state index in [-0.39, 0.29) is 12.1 Å². The van der Waals surface area contributed by atoms with E-state index in [2.05, 4.69) is 72.6 Å². The van der Waals surface area contributed by atoms with Crippen LogP contribution in [0.15, 0.2) is 60.7 Å². The standard InChI is InChI=1S/C22H27NO2/c1-23(17-20-14-15-22(24)25-20)16-8-13-21(18-9-4-2-5-10-18)19-11-6-3-7-12-19/h2-7,9-12,20-21H,8,13-17H2,1H3. The van der Waals surface area contributed by atoms with Gasteiger partial charge < -0.3 is 9.64 Å². The van der Waals surface area contributed by atoms with Gasteiger partial charge in [0.1, 0.15) is 6.10 Å². The van der Waals surface area contributed by atoms with Crippen LogP contribution in [-0.2, 0) is 9.53 Å². The first kappa shape index (κ1) is 17.7. The predicted molar refractivity (Wildman–Crippen MR) is 101 cm³/mol. The number of rotatable bonds is 8. The second kappa shape index (κ2) is 8.82. The minimum absolute atomic E-state index is 0.0494. The summed E-state index contributed by atoms with van der Waals surface area (Å²) >= 11 is 0. The van der Waals surface area contributed by atoms with Crippen LogP contribution in [0.1, 0.15) is 42.7 Å². The predicted octanol–water partition coefficient (Wildman–Crippen LogP) is 4.24. The topological polar surface area (TPSA) is 29.5 Å². The number of nitrogens with zero attached hydrogens (tertiary/aromatic N) is 1. The minimum Gasteiger partial charge on any atom is -0.461 e. The number of cyclic esters (lactones) is 1. The molecule has 3 heteroatoms. The lowest BCUT2D eigenvalue weighted by Crippen LogP contribution is -2.30. The maximum absolute atomic E-state index is 11.2. The highest BCUT2D eigenvalue weighted by molar-refractivity contribution is 5.71. The zero-order valence-corrected chi connectivity index (χ0v) is 14.9. The Bertz CT molecular complexity index is 617. The van der Waals surface area contributed by atoms with Crippen LogP contribution in [0.3, 0.4) is 0 Å². The van der Waals surface area contributed by atoms with Crippen LogP contribution < -0.4 is 0 Å². The van der Waals surface area contributed by atoms with Crippen molar-refractivity contribution in [3.8, 4) is 0 Å². The van der Waals surface area contributed by atoms with Gasteiger partial charge in [0.05, 0.1) is 0 Å². The van der Waals surface area contributed by atoms with Gasteiger partial charge in [-0.3, -0.25) is 4.79 Å². The summed E-state index contributed by atoms with van der Waals surface area (Å²) < 4.78 is 5.32. The lowest BCUT2D eigenvalue weighted by molar-refractivity contribution is -0.141. The first-order chi connectivity index (χ1) is 12.2. The molecular formula is C22H27NO2. The Morgan fingerprint density at radius 1 is 1.04 bits per heavy atom. The van der Waals surface area contributed by atoms with Gasteiger partial charge in [0, 0.05) is 18.9 Å². The van der Waals surface area contributed by atoms with E-state index in [0.717, 1.165) is 32.4 Å². The van der Waals surface area contributed by atoms with Gasteiger partial charge in [0.25, 0.3) is 0 Å². The zero-order valence-electron chi connectivity index (χ0n) is 14.9. The molecule has 0 radical (unpaired) electrons. The van der Waals surface area contributed by atoms with Crippen LogP contribution in [-0.4, -0.2) is 37.1 Å². The lowest BCUT2D eigenvalue weighted by Gasteiger charge is -2.22. The lowest BCUT2D eigenvalue weighted by atomic mass is 9.87. The number of benzene rings is 2. The molecule has 0 spiro atoms. The fourth-order valence-electron chi connectivity index (χ4n) is 3.61. The van der Waals surface area contributed by atoms with Crippen LogP contribution in [0.2, 0.25) is 0 Å². The summed E-state index contributed by atoms with van der Waals surface area (Å²) in [6.45, 7) is 1.86. The highest BCUT2D eigenvalue weighted by Crippen LogP contribution is 2.29. The van der Waals surface area contributed by atoms with E-state index in [4.69, 9.17) is 4.74 Å². The van der Waals surface area contributed by atoms with E-state index in [1.54, 1.807) is 0 Å². The van der Waals surface area contributed by atoms with Gasteiger partial charge in [-0.2, -0.15) is 0 Å². The van der Waals surface area contributed by atoms with Gasteiger partial charge in [-0.25, -0.2) is 0 Å². The van der Waals surface area contributed by atoms with Gasteiger partial charge in [-0.15, -0.1) is 0 Å². The van der Waals surface area contributed by atoms with E-state index >= 15 is 0 Å². The molecule has 0 N–H and O–H groups in total. The molecule has 0 aliphatic carbocycles. The molecule has 1 fully saturated rings. The van der Waals surface area contributed by atoms with E-state index < -0.39 is 0 Å². The second-order valence-corrected chi connectivity index (χ2v) is 6.93. The molecular weight excluding hydrogens is 310 g/mol. The summed E-state index contributed by atoms with van der Waals surface area (Å²) in [5, 5.41) is 0. The van der Waals surface area contributed by atoms with Crippen molar-refractivity contribution >= 4 is 5.97 Å². The summed E-state index contributed by atoms with van der Waals surface area (Å²) in [5.74, 6) is 0.381. The number of carbonyl (C=O) groups excluding carboxylic acids is 1. The molecule has 1 aliphatic rings. The van der Waals surface area contributed by atoms with Crippen LogP contribution >= 0.6 is 0 Å². The van der Waals surface area contributed by atoms with Crippen LogP contribution in [0.5, 0.6) is 0 Å². The van der Waals surface area contributed by atoms with Crippen molar-refractivity contribution < 1.29 is 9.53 Å². The van der Waals surface area contributed by atoms with Gasteiger partial charge in [0.15, 0.2) is 0 Å². The number of esters is 1. The van der Waals surface area contributed by atoms with E-state index in [1.807, 2.05) is 0 Å². The highest BCUT2D eigenvalue weighted by atomic mass is 16.5. The molecule has 0 aromatic heterocycles. The van der Waals surface area contributed by atoms with Gasteiger partial charge >= 0.3 is 5.97 Å². The maximum atomic E-state index is 11.2. The van der Waals surface area contributed by atoms with Gasteiger partial charge in [0.2, 0.25) is 0 Å². The highest BCUT2D eigenvalue weighted by Gasteiger charge is 2.24. The Labute approximate surface area is 150 Å². The average Bonchev–Trinajstić information content (AvgIpc) is 3.05. The van der Waals surface area contributed by atoms with Crippen molar-refractivity contribution in [2.24, 2.45) is 0 Å². The molecule has 2 aromatic rings. The molecule has 3 rings (SSSR count).